The molecular formula is C17H24O2. The first-order valence-electron chi connectivity index (χ1n) is 6.71. The van der Waals surface area contributed by atoms with Crippen molar-refractivity contribution >= 4 is 12.0 Å². The lowest BCUT2D eigenvalue weighted by Gasteiger charge is -1.99. The third-order valence-corrected chi connectivity index (χ3v) is 2.44. The lowest BCUT2D eigenvalue weighted by molar-refractivity contribution is -0.137. The van der Waals surface area contributed by atoms with E-state index in [-0.39, 0.29) is 5.97 Å². The summed E-state index contributed by atoms with van der Waals surface area (Å²) in [6.45, 7) is 9.61. The van der Waals surface area contributed by atoms with Crippen LogP contribution >= 0.6 is 0 Å². The van der Waals surface area contributed by atoms with Crippen molar-refractivity contribution in [3.8, 4) is 0 Å². The van der Waals surface area contributed by atoms with Crippen LogP contribution in [0, 0.1) is 0 Å². The average molecular weight is 260 g/mol. The zero-order valence-corrected chi connectivity index (χ0v) is 11.8. The summed E-state index contributed by atoms with van der Waals surface area (Å²) in [5.41, 5.74) is 1.17. The fourth-order valence-electron chi connectivity index (χ4n) is 1.35. The van der Waals surface area contributed by atoms with Crippen molar-refractivity contribution in [1.82, 2.24) is 0 Å². The highest BCUT2D eigenvalue weighted by Gasteiger charge is 1.93. The molecule has 0 unspecified atom stereocenters. The third-order valence-electron chi connectivity index (χ3n) is 2.44. The van der Waals surface area contributed by atoms with E-state index in [0.717, 1.165) is 12.8 Å². The Morgan fingerprint density at radius 2 is 1.84 bits per heavy atom. The van der Waals surface area contributed by atoms with Crippen molar-refractivity contribution in [2.24, 2.45) is 0 Å². The van der Waals surface area contributed by atoms with Gasteiger partial charge >= 0.3 is 5.97 Å². The minimum Gasteiger partial charge on any atom is -0.463 e. The number of hydrogen-bond donors (Lipinski definition) is 0. The number of rotatable bonds is 7. The van der Waals surface area contributed by atoms with E-state index in [1.54, 1.807) is 0 Å². The predicted octanol–water partition coefficient (Wildman–Crippen LogP) is 4.63. The summed E-state index contributed by atoms with van der Waals surface area (Å²) in [4.78, 5) is 10.5. The minimum absolute atomic E-state index is 0.318. The Hall–Kier alpha value is -1.83. The standard InChI is InChI=1S/C9H16O2.C8H8/c1-3-5-6-7-8-11-9(10)4-2;1-2-8-6-4-3-5-7-8/h4H,2-3,5-8H2,1H3;2-7H,1H2. The van der Waals surface area contributed by atoms with E-state index in [2.05, 4.69) is 20.1 Å². The highest BCUT2D eigenvalue weighted by molar-refractivity contribution is 5.81. The van der Waals surface area contributed by atoms with Crippen molar-refractivity contribution in [3.63, 3.8) is 0 Å². The van der Waals surface area contributed by atoms with Gasteiger partial charge in [0.15, 0.2) is 0 Å². The zero-order chi connectivity index (χ0) is 14.3. The van der Waals surface area contributed by atoms with Crippen LogP contribution in [0.15, 0.2) is 49.6 Å². The number of hydrogen-bond acceptors (Lipinski definition) is 2. The Balaban J connectivity index is 0.000000356. The highest BCUT2D eigenvalue weighted by atomic mass is 16.5. The van der Waals surface area contributed by atoms with Gasteiger partial charge in [-0.15, -0.1) is 0 Å². The molecule has 0 aromatic heterocycles. The summed E-state index contributed by atoms with van der Waals surface area (Å²) in [7, 11) is 0. The largest absolute Gasteiger partial charge is 0.463 e. The number of carbonyl (C=O) groups excluding carboxylic acids is 1. The lowest BCUT2D eigenvalue weighted by Crippen LogP contribution is -2.01. The molecule has 104 valence electrons. The highest BCUT2D eigenvalue weighted by Crippen LogP contribution is 1.99. The summed E-state index contributed by atoms with van der Waals surface area (Å²) in [5.74, 6) is -0.318. The first-order chi connectivity index (χ1) is 9.24. The molecule has 0 radical (unpaired) electrons. The molecule has 2 nitrogen and oxygen atoms in total. The van der Waals surface area contributed by atoms with Gasteiger partial charge in [-0.3, -0.25) is 0 Å². The molecule has 0 aliphatic rings. The van der Waals surface area contributed by atoms with E-state index in [9.17, 15) is 4.79 Å². The van der Waals surface area contributed by atoms with Gasteiger partial charge in [-0.1, -0.05) is 75.8 Å². The molecule has 1 aromatic rings. The molecule has 0 aliphatic carbocycles. The zero-order valence-electron chi connectivity index (χ0n) is 11.8. The van der Waals surface area contributed by atoms with Gasteiger partial charge < -0.3 is 4.74 Å². The fourth-order valence-corrected chi connectivity index (χ4v) is 1.35. The van der Waals surface area contributed by atoms with Crippen LogP contribution in [0.3, 0.4) is 0 Å². The third kappa shape index (κ3) is 11.0. The normalized spacial score (nSPS) is 8.89. The molecular weight excluding hydrogens is 236 g/mol. The van der Waals surface area contributed by atoms with Crippen molar-refractivity contribution in [2.75, 3.05) is 6.61 Å². The van der Waals surface area contributed by atoms with Crippen LogP contribution in [0.2, 0.25) is 0 Å². The van der Waals surface area contributed by atoms with Crippen molar-refractivity contribution < 1.29 is 9.53 Å². The summed E-state index contributed by atoms with van der Waals surface area (Å²) >= 11 is 0. The van der Waals surface area contributed by atoms with E-state index < -0.39 is 0 Å². The van der Waals surface area contributed by atoms with Crippen LogP contribution in [0.4, 0.5) is 0 Å². The molecule has 0 bridgehead atoms. The topological polar surface area (TPSA) is 26.3 Å². The Morgan fingerprint density at radius 1 is 1.16 bits per heavy atom. The Labute approximate surface area is 116 Å². The van der Waals surface area contributed by atoms with E-state index in [0.29, 0.717) is 6.61 Å². The van der Waals surface area contributed by atoms with Gasteiger partial charge in [-0.05, 0) is 12.0 Å². The number of ether oxygens (including phenoxy) is 1. The molecule has 0 saturated heterocycles. The van der Waals surface area contributed by atoms with Crippen molar-refractivity contribution in [1.29, 1.82) is 0 Å². The SMILES string of the molecule is C=CC(=O)OCCCCCC.C=Cc1ccccc1. The first kappa shape index (κ1) is 17.2. The quantitative estimate of drug-likeness (QED) is 0.406. The van der Waals surface area contributed by atoms with Crippen molar-refractivity contribution in [2.45, 2.75) is 32.6 Å². The number of carbonyl (C=O) groups is 1. The first-order valence-corrected chi connectivity index (χ1v) is 6.71. The molecule has 2 heteroatoms. The second-order valence-corrected chi connectivity index (χ2v) is 4.05. The molecule has 0 amide bonds. The summed E-state index contributed by atoms with van der Waals surface area (Å²) in [6.07, 6.45) is 7.55. The van der Waals surface area contributed by atoms with Gasteiger partial charge in [-0.25, -0.2) is 4.79 Å². The average Bonchev–Trinajstić information content (AvgIpc) is 2.48. The minimum atomic E-state index is -0.318. The van der Waals surface area contributed by atoms with Gasteiger partial charge in [0.25, 0.3) is 0 Å². The maximum absolute atomic E-state index is 10.5. The van der Waals surface area contributed by atoms with Crippen molar-refractivity contribution in [3.05, 3.63) is 55.1 Å². The molecule has 0 N–H and O–H groups in total. The Kier molecular flexibility index (Phi) is 11.4. The van der Waals surface area contributed by atoms with Crippen LogP contribution in [0.1, 0.15) is 38.2 Å². The van der Waals surface area contributed by atoms with Crippen LogP contribution in [-0.4, -0.2) is 12.6 Å². The summed E-state index contributed by atoms with van der Waals surface area (Å²) < 4.78 is 4.78. The molecule has 0 spiro atoms. The molecule has 0 saturated carbocycles. The monoisotopic (exact) mass is 260 g/mol. The van der Waals surface area contributed by atoms with Crippen LogP contribution in [-0.2, 0) is 9.53 Å². The van der Waals surface area contributed by atoms with Gasteiger partial charge in [0, 0.05) is 6.08 Å². The molecule has 0 aliphatic heterocycles. The van der Waals surface area contributed by atoms with Gasteiger partial charge in [0.1, 0.15) is 0 Å². The summed E-state index contributed by atoms with van der Waals surface area (Å²) in [5, 5.41) is 0. The van der Waals surface area contributed by atoms with Crippen LogP contribution < -0.4 is 0 Å². The molecule has 0 heterocycles. The molecule has 19 heavy (non-hydrogen) atoms. The maximum atomic E-state index is 10.5. The second-order valence-electron chi connectivity index (χ2n) is 4.05. The predicted molar refractivity (Wildman–Crippen MR) is 81.8 cm³/mol. The Morgan fingerprint density at radius 3 is 2.32 bits per heavy atom. The molecule has 0 atom stereocenters. The second kappa shape index (κ2) is 12.6. The Bertz CT molecular complexity index is 355. The van der Waals surface area contributed by atoms with Gasteiger partial charge in [0.2, 0.25) is 0 Å². The molecule has 0 fully saturated rings. The van der Waals surface area contributed by atoms with E-state index in [1.807, 2.05) is 36.4 Å². The van der Waals surface area contributed by atoms with Gasteiger partial charge in [0.05, 0.1) is 6.61 Å². The number of benzene rings is 1. The fraction of sp³-hybridized carbons (Fsp3) is 0.353. The van der Waals surface area contributed by atoms with E-state index in [4.69, 9.17) is 4.74 Å². The molecule has 1 rings (SSSR count). The number of unbranched alkanes of at least 4 members (excludes halogenated alkanes) is 3. The van der Waals surface area contributed by atoms with E-state index in [1.165, 1.54) is 24.5 Å². The van der Waals surface area contributed by atoms with Crippen LogP contribution in [0.5, 0.6) is 0 Å². The van der Waals surface area contributed by atoms with E-state index >= 15 is 0 Å². The number of esters is 1. The summed E-state index contributed by atoms with van der Waals surface area (Å²) in [6, 6.07) is 10.0. The van der Waals surface area contributed by atoms with Crippen LogP contribution in [0.25, 0.3) is 6.08 Å². The smallest absolute Gasteiger partial charge is 0.330 e. The lowest BCUT2D eigenvalue weighted by atomic mass is 10.2. The van der Waals surface area contributed by atoms with Gasteiger partial charge in [-0.2, -0.15) is 0 Å². The maximum Gasteiger partial charge on any atom is 0.330 e. The molecule has 1 aromatic carbocycles.